The summed E-state index contributed by atoms with van der Waals surface area (Å²) in [5.74, 6) is 1.04. The van der Waals surface area contributed by atoms with Crippen LogP contribution in [0.2, 0.25) is 0 Å². The number of nitrogens with two attached hydrogens (primary N) is 1. The van der Waals surface area contributed by atoms with Gasteiger partial charge in [-0.25, -0.2) is 5.53 Å². The summed E-state index contributed by atoms with van der Waals surface area (Å²) < 4.78 is 0. The highest BCUT2D eigenvalue weighted by molar-refractivity contribution is 6.07. The van der Waals surface area contributed by atoms with Crippen molar-refractivity contribution in [3.05, 3.63) is 65.7 Å². The van der Waals surface area contributed by atoms with E-state index in [2.05, 4.69) is 43.7 Å². The summed E-state index contributed by atoms with van der Waals surface area (Å²) in [6.07, 6.45) is 10.6. The number of benzene rings is 1. The monoisotopic (exact) mass is 406 g/mol. The van der Waals surface area contributed by atoms with Gasteiger partial charge in [0.1, 0.15) is 5.76 Å². The third-order valence-electron chi connectivity index (χ3n) is 6.10. The van der Waals surface area contributed by atoms with Gasteiger partial charge in [-0.15, -0.1) is 0 Å². The first-order chi connectivity index (χ1) is 14.4. The van der Waals surface area contributed by atoms with E-state index in [1.807, 2.05) is 12.1 Å². The third-order valence-corrected chi connectivity index (χ3v) is 6.10. The molecule has 2 unspecified atom stereocenters. The Morgan fingerprint density at radius 3 is 2.57 bits per heavy atom. The SMILES string of the molecule is C=C(O)C(=CN)C(=Nc1cccc(C2CCCCC2)c1)C1CC1/C(=C/C(C)C)N=N. The van der Waals surface area contributed by atoms with Gasteiger partial charge in [-0.3, -0.25) is 4.99 Å². The van der Waals surface area contributed by atoms with Gasteiger partial charge in [-0.2, -0.15) is 5.11 Å². The lowest BCUT2D eigenvalue weighted by atomic mass is 9.84. The predicted molar refractivity (Wildman–Crippen MR) is 123 cm³/mol. The van der Waals surface area contributed by atoms with Gasteiger partial charge in [0, 0.05) is 18.0 Å². The van der Waals surface area contributed by atoms with Crippen LogP contribution < -0.4 is 5.73 Å². The average molecular weight is 407 g/mol. The van der Waals surface area contributed by atoms with E-state index in [1.165, 1.54) is 43.9 Å². The van der Waals surface area contributed by atoms with Crippen molar-refractivity contribution in [2.75, 3.05) is 0 Å². The molecule has 0 aliphatic heterocycles. The molecule has 160 valence electrons. The summed E-state index contributed by atoms with van der Waals surface area (Å²) in [4.78, 5) is 4.93. The van der Waals surface area contributed by atoms with Gasteiger partial charge in [0.25, 0.3) is 0 Å². The highest BCUT2D eigenvalue weighted by Crippen LogP contribution is 2.48. The number of aliphatic imine (C=N–C) groups is 1. The summed E-state index contributed by atoms with van der Waals surface area (Å²) in [5, 5.41) is 13.9. The zero-order valence-electron chi connectivity index (χ0n) is 18.1. The van der Waals surface area contributed by atoms with Gasteiger partial charge in [0.15, 0.2) is 0 Å². The van der Waals surface area contributed by atoms with Crippen molar-refractivity contribution in [1.82, 2.24) is 0 Å². The Hall–Kier alpha value is -2.69. The van der Waals surface area contributed by atoms with Gasteiger partial charge in [0.2, 0.25) is 0 Å². The van der Waals surface area contributed by atoms with Crippen LogP contribution in [0, 0.1) is 23.3 Å². The van der Waals surface area contributed by atoms with E-state index in [0.717, 1.165) is 23.5 Å². The molecular formula is C25H34N4O. The third kappa shape index (κ3) is 5.26. The molecule has 2 saturated carbocycles. The molecule has 0 bridgehead atoms. The molecule has 0 saturated heterocycles. The Morgan fingerprint density at radius 1 is 1.23 bits per heavy atom. The first kappa shape index (κ1) is 22.0. The van der Waals surface area contributed by atoms with Gasteiger partial charge in [0.05, 0.1) is 22.7 Å². The molecule has 2 aliphatic carbocycles. The molecule has 1 aromatic rings. The molecule has 0 spiro atoms. The first-order valence-electron chi connectivity index (χ1n) is 11.0. The zero-order chi connectivity index (χ0) is 21.7. The predicted octanol–water partition coefficient (Wildman–Crippen LogP) is 6.93. The van der Waals surface area contributed by atoms with Crippen LogP contribution in [-0.4, -0.2) is 10.8 Å². The Morgan fingerprint density at radius 2 is 1.97 bits per heavy atom. The summed E-state index contributed by atoms with van der Waals surface area (Å²) >= 11 is 0. The largest absolute Gasteiger partial charge is 0.508 e. The molecule has 2 atom stereocenters. The van der Waals surface area contributed by atoms with Crippen LogP contribution in [0.1, 0.15) is 63.9 Å². The fourth-order valence-electron chi connectivity index (χ4n) is 4.50. The maximum atomic E-state index is 10.1. The van der Waals surface area contributed by atoms with E-state index in [9.17, 15) is 5.11 Å². The van der Waals surface area contributed by atoms with Crippen LogP contribution in [0.3, 0.4) is 0 Å². The molecule has 4 N–H and O–H groups in total. The molecule has 1 aromatic carbocycles. The minimum absolute atomic E-state index is 0.0705. The topological polar surface area (TPSA) is 94.8 Å². The number of hydrogen-bond donors (Lipinski definition) is 3. The molecule has 3 rings (SSSR count). The number of allylic oxidation sites excluding steroid dienone is 3. The summed E-state index contributed by atoms with van der Waals surface area (Å²) in [6.45, 7) is 7.84. The van der Waals surface area contributed by atoms with Crippen molar-refractivity contribution >= 4 is 11.4 Å². The fourth-order valence-corrected chi connectivity index (χ4v) is 4.50. The molecule has 5 heteroatoms. The van der Waals surface area contributed by atoms with Crippen molar-refractivity contribution in [3.8, 4) is 0 Å². The molecule has 2 fully saturated rings. The fraction of sp³-hybridized carbons (Fsp3) is 0.480. The lowest BCUT2D eigenvalue weighted by Crippen LogP contribution is -2.11. The first-order valence-corrected chi connectivity index (χ1v) is 11.0. The van der Waals surface area contributed by atoms with Crippen LogP contribution in [0.15, 0.2) is 70.3 Å². The van der Waals surface area contributed by atoms with E-state index in [0.29, 0.717) is 17.4 Å². The number of hydrogen-bond acceptors (Lipinski definition) is 5. The Labute approximate surface area is 180 Å². The van der Waals surface area contributed by atoms with Crippen molar-refractivity contribution in [2.24, 2.45) is 33.6 Å². The molecule has 0 aromatic heterocycles. The van der Waals surface area contributed by atoms with Gasteiger partial charge in [-0.05, 0) is 48.8 Å². The molecule has 5 nitrogen and oxygen atoms in total. The highest BCUT2D eigenvalue weighted by Gasteiger charge is 2.45. The van der Waals surface area contributed by atoms with E-state index in [-0.39, 0.29) is 17.6 Å². The number of aliphatic hydroxyl groups is 1. The second-order valence-electron chi connectivity index (χ2n) is 8.85. The Balaban J connectivity index is 1.93. The van der Waals surface area contributed by atoms with Crippen LogP contribution in [-0.2, 0) is 0 Å². The van der Waals surface area contributed by atoms with Crippen LogP contribution >= 0.6 is 0 Å². The minimum atomic E-state index is -0.0810. The lowest BCUT2D eigenvalue weighted by Gasteiger charge is -2.22. The quantitative estimate of drug-likeness (QED) is 0.189. The van der Waals surface area contributed by atoms with Crippen molar-refractivity contribution in [1.29, 1.82) is 5.53 Å². The van der Waals surface area contributed by atoms with Gasteiger partial charge >= 0.3 is 0 Å². The molecular weight excluding hydrogens is 372 g/mol. The smallest absolute Gasteiger partial charge is 0.118 e. The molecule has 0 amide bonds. The molecule has 2 aliphatic rings. The summed E-state index contributed by atoms with van der Waals surface area (Å²) in [7, 11) is 0. The van der Waals surface area contributed by atoms with Crippen LogP contribution in [0.4, 0.5) is 5.69 Å². The summed E-state index contributed by atoms with van der Waals surface area (Å²) in [5.41, 5.74) is 17.6. The second kappa shape index (κ2) is 9.88. The van der Waals surface area contributed by atoms with E-state index in [1.54, 1.807) is 0 Å². The second-order valence-corrected chi connectivity index (χ2v) is 8.85. The van der Waals surface area contributed by atoms with Crippen LogP contribution in [0.5, 0.6) is 0 Å². The molecule has 0 heterocycles. The maximum absolute atomic E-state index is 10.1. The van der Waals surface area contributed by atoms with Crippen molar-refractivity contribution in [2.45, 2.75) is 58.3 Å². The number of rotatable bonds is 8. The Kier molecular flexibility index (Phi) is 7.24. The zero-order valence-corrected chi connectivity index (χ0v) is 18.1. The van der Waals surface area contributed by atoms with E-state index < -0.39 is 0 Å². The Bertz CT molecular complexity index is 875. The number of aliphatic hydroxyl groups excluding tert-OH is 1. The number of nitrogens with zero attached hydrogens (tertiary/aromatic N) is 2. The van der Waals surface area contributed by atoms with Gasteiger partial charge in [-0.1, -0.05) is 57.9 Å². The van der Waals surface area contributed by atoms with Crippen LogP contribution in [0.25, 0.3) is 0 Å². The lowest BCUT2D eigenvalue weighted by molar-refractivity contribution is 0.430. The molecule has 0 radical (unpaired) electrons. The van der Waals surface area contributed by atoms with Crippen molar-refractivity contribution in [3.63, 3.8) is 0 Å². The van der Waals surface area contributed by atoms with Gasteiger partial charge < -0.3 is 10.8 Å². The van der Waals surface area contributed by atoms with E-state index >= 15 is 0 Å². The normalized spacial score (nSPS) is 23.5. The minimum Gasteiger partial charge on any atom is -0.508 e. The van der Waals surface area contributed by atoms with Crippen molar-refractivity contribution < 1.29 is 5.11 Å². The highest BCUT2D eigenvalue weighted by atomic mass is 16.3. The molecule has 30 heavy (non-hydrogen) atoms. The van der Waals surface area contributed by atoms with E-state index in [4.69, 9.17) is 16.3 Å². The average Bonchev–Trinajstić information content (AvgIpc) is 3.53. The summed E-state index contributed by atoms with van der Waals surface area (Å²) in [6, 6.07) is 8.43. The maximum Gasteiger partial charge on any atom is 0.118 e. The number of nitrogens with one attached hydrogen (secondary N) is 1. The standard InChI is InChI=1S/C25H34N4O/c1-16(2)12-24(29-27)21-14-22(21)25(23(15-26)17(3)30)28-20-11-7-10-19(13-20)18-8-5-4-6-9-18/h7,10-13,15-16,18,21-22,27,30H,3-6,8-9,14,26H2,1-2H3/b23-15?,24-12-,28-25?,29-27?.